The Hall–Kier alpha value is -0.773. The van der Waals surface area contributed by atoms with Crippen molar-refractivity contribution in [3.8, 4) is 0 Å². The van der Waals surface area contributed by atoms with Crippen LogP contribution in [0.3, 0.4) is 0 Å². The molecule has 3 aliphatic rings. The summed E-state index contributed by atoms with van der Waals surface area (Å²) in [6, 6.07) is 9.14. The zero-order valence-electron chi connectivity index (χ0n) is 15.4. The third-order valence-electron chi connectivity index (χ3n) is 5.83. The SMILES string of the molecule is CC(C)(C)N[Si](C)(C)C1[C@@H]2C=CC=CC2C2c3ccccc3S[C@@H]21. The van der Waals surface area contributed by atoms with Crippen molar-refractivity contribution in [2.75, 3.05) is 0 Å². The summed E-state index contributed by atoms with van der Waals surface area (Å²) in [5, 5.41) is 0.723. The fraction of sp³-hybridized carbons (Fsp3) is 0.524. The maximum atomic E-state index is 4.08. The number of rotatable bonds is 2. The van der Waals surface area contributed by atoms with Crippen molar-refractivity contribution in [1.82, 2.24) is 4.98 Å². The molecule has 3 heteroatoms. The molecule has 5 atom stereocenters. The average molecular weight is 356 g/mol. The summed E-state index contributed by atoms with van der Waals surface area (Å²) in [4.78, 5) is 5.60. The molecule has 1 aliphatic heterocycles. The summed E-state index contributed by atoms with van der Waals surface area (Å²) in [5.74, 6) is 2.06. The zero-order chi connectivity index (χ0) is 17.1. The van der Waals surface area contributed by atoms with Crippen LogP contribution in [-0.2, 0) is 0 Å². The summed E-state index contributed by atoms with van der Waals surface area (Å²) in [6.45, 7) is 12.1. The van der Waals surface area contributed by atoms with Gasteiger partial charge in [-0.2, -0.15) is 0 Å². The minimum atomic E-state index is -1.59. The van der Waals surface area contributed by atoms with E-state index in [4.69, 9.17) is 0 Å². The monoisotopic (exact) mass is 355 g/mol. The van der Waals surface area contributed by atoms with E-state index < -0.39 is 8.24 Å². The highest BCUT2D eigenvalue weighted by molar-refractivity contribution is 8.00. The smallest absolute Gasteiger partial charge is 0.124 e. The van der Waals surface area contributed by atoms with E-state index in [1.54, 1.807) is 5.56 Å². The molecule has 3 unspecified atom stereocenters. The summed E-state index contributed by atoms with van der Waals surface area (Å²) in [5.41, 5.74) is 2.56. The van der Waals surface area contributed by atoms with Gasteiger partial charge >= 0.3 is 0 Å². The lowest BCUT2D eigenvalue weighted by molar-refractivity contribution is 0.480. The van der Waals surface area contributed by atoms with Gasteiger partial charge in [-0.3, -0.25) is 0 Å². The van der Waals surface area contributed by atoms with E-state index in [1.807, 2.05) is 0 Å². The minimum Gasteiger partial charge on any atom is -0.332 e. The fourth-order valence-electron chi connectivity index (χ4n) is 5.50. The standard InChI is InChI=1S/C21H29NSSi/c1-21(2,3)22-24(4,5)20-15-11-7-6-10-14(15)18-16-12-8-9-13-17(16)23-19(18)20/h6-15,18-20,22H,1-5H3/t14?,15-,18?,19+,20?/m1/s1. The van der Waals surface area contributed by atoms with Crippen LogP contribution in [0.4, 0.5) is 0 Å². The van der Waals surface area contributed by atoms with Crippen LogP contribution in [0.2, 0.25) is 18.6 Å². The third-order valence-corrected chi connectivity index (χ3v) is 11.4. The molecule has 0 spiro atoms. The van der Waals surface area contributed by atoms with Crippen molar-refractivity contribution < 1.29 is 0 Å². The van der Waals surface area contributed by atoms with Gasteiger partial charge in [-0.25, -0.2) is 0 Å². The lowest BCUT2D eigenvalue weighted by Crippen LogP contribution is -2.59. The molecule has 1 nitrogen and oxygen atoms in total. The Morgan fingerprint density at radius 3 is 2.38 bits per heavy atom. The third kappa shape index (κ3) is 2.65. The van der Waals surface area contributed by atoms with E-state index in [0.717, 1.165) is 10.8 Å². The van der Waals surface area contributed by atoms with Gasteiger partial charge in [0, 0.05) is 21.6 Å². The molecular formula is C21H29NSSi. The predicted molar refractivity (Wildman–Crippen MR) is 108 cm³/mol. The second-order valence-corrected chi connectivity index (χ2v) is 14.8. The van der Waals surface area contributed by atoms with Crippen LogP contribution in [0.5, 0.6) is 0 Å². The molecule has 1 N–H and O–H groups in total. The largest absolute Gasteiger partial charge is 0.332 e. The quantitative estimate of drug-likeness (QED) is 0.695. The molecule has 0 aromatic heterocycles. The molecule has 1 aromatic carbocycles. The highest BCUT2D eigenvalue weighted by Gasteiger charge is 2.58. The lowest BCUT2D eigenvalue weighted by Gasteiger charge is -2.42. The Bertz CT molecular complexity index is 700. The number of hydrogen-bond acceptors (Lipinski definition) is 2. The number of benzene rings is 1. The zero-order valence-corrected chi connectivity index (χ0v) is 17.2. The molecule has 1 fully saturated rings. The van der Waals surface area contributed by atoms with E-state index >= 15 is 0 Å². The second kappa shape index (κ2) is 5.62. The van der Waals surface area contributed by atoms with Crippen molar-refractivity contribution >= 4 is 20.0 Å². The summed E-state index contributed by atoms with van der Waals surface area (Å²) in [6.07, 6.45) is 9.56. The summed E-state index contributed by atoms with van der Waals surface area (Å²) in [7, 11) is -1.59. The Labute approximate surface area is 152 Å². The second-order valence-electron chi connectivity index (χ2n) is 9.19. The maximum absolute atomic E-state index is 4.08. The van der Waals surface area contributed by atoms with Gasteiger partial charge in [0.2, 0.25) is 0 Å². The van der Waals surface area contributed by atoms with Crippen molar-refractivity contribution in [3.05, 3.63) is 54.1 Å². The molecule has 0 amide bonds. The molecule has 24 heavy (non-hydrogen) atoms. The van der Waals surface area contributed by atoms with Gasteiger partial charge in [-0.05, 0) is 49.8 Å². The lowest BCUT2D eigenvalue weighted by atomic mass is 9.83. The van der Waals surface area contributed by atoms with Gasteiger partial charge in [-0.15, -0.1) is 11.8 Å². The number of thioether (sulfide) groups is 1. The van der Waals surface area contributed by atoms with Gasteiger partial charge in [0.25, 0.3) is 0 Å². The van der Waals surface area contributed by atoms with E-state index in [2.05, 4.69) is 99.2 Å². The first kappa shape index (κ1) is 16.7. The van der Waals surface area contributed by atoms with Gasteiger partial charge in [0.15, 0.2) is 0 Å². The molecule has 1 heterocycles. The minimum absolute atomic E-state index is 0.188. The van der Waals surface area contributed by atoms with Crippen LogP contribution >= 0.6 is 11.8 Å². The van der Waals surface area contributed by atoms with Crippen molar-refractivity contribution in [2.24, 2.45) is 11.8 Å². The Morgan fingerprint density at radius 1 is 1.00 bits per heavy atom. The molecule has 0 bridgehead atoms. The van der Waals surface area contributed by atoms with E-state index in [-0.39, 0.29) is 5.54 Å². The molecule has 4 rings (SSSR count). The maximum Gasteiger partial charge on any atom is 0.124 e. The topological polar surface area (TPSA) is 12.0 Å². The van der Waals surface area contributed by atoms with Crippen LogP contribution < -0.4 is 4.98 Å². The molecule has 1 aromatic rings. The van der Waals surface area contributed by atoms with Crippen LogP contribution in [0.1, 0.15) is 32.3 Å². The Kier molecular flexibility index (Phi) is 3.90. The van der Waals surface area contributed by atoms with Gasteiger partial charge in [-0.1, -0.05) is 55.6 Å². The van der Waals surface area contributed by atoms with E-state index in [9.17, 15) is 0 Å². The number of allylic oxidation sites excluding steroid dienone is 4. The summed E-state index contributed by atoms with van der Waals surface area (Å²) >= 11 is 2.16. The van der Waals surface area contributed by atoms with Gasteiger partial charge < -0.3 is 4.98 Å². The molecular weight excluding hydrogens is 326 g/mol. The van der Waals surface area contributed by atoms with Crippen LogP contribution in [-0.4, -0.2) is 19.0 Å². The first-order chi connectivity index (χ1) is 11.3. The normalized spacial score (nSPS) is 34.1. The Morgan fingerprint density at radius 2 is 1.67 bits per heavy atom. The number of fused-ring (bicyclic) bond motifs is 5. The van der Waals surface area contributed by atoms with Crippen molar-refractivity contribution in [1.29, 1.82) is 0 Å². The molecule has 0 saturated heterocycles. The van der Waals surface area contributed by atoms with Crippen LogP contribution in [0, 0.1) is 11.8 Å². The van der Waals surface area contributed by atoms with Gasteiger partial charge in [0.05, 0.1) is 0 Å². The van der Waals surface area contributed by atoms with E-state index in [1.165, 1.54) is 4.90 Å². The first-order valence-corrected chi connectivity index (χ1v) is 13.1. The Balaban J connectivity index is 1.76. The summed E-state index contributed by atoms with van der Waals surface area (Å²) < 4.78 is 0. The molecule has 128 valence electrons. The highest BCUT2D eigenvalue weighted by atomic mass is 32.2. The molecule has 2 aliphatic carbocycles. The number of nitrogens with one attached hydrogen (secondary N) is 1. The fourth-order valence-corrected chi connectivity index (χ4v) is 12.7. The molecule has 0 radical (unpaired) electrons. The van der Waals surface area contributed by atoms with Crippen LogP contribution in [0.15, 0.2) is 53.5 Å². The average Bonchev–Trinajstić information content (AvgIpc) is 2.98. The molecule has 1 saturated carbocycles. The van der Waals surface area contributed by atoms with Crippen molar-refractivity contribution in [2.45, 2.75) is 61.0 Å². The number of hydrogen-bond donors (Lipinski definition) is 1. The highest BCUT2D eigenvalue weighted by Crippen LogP contribution is 2.65. The van der Waals surface area contributed by atoms with Gasteiger partial charge in [0.1, 0.15) is 8.24 Å². The van der Waals surface area contributed by atoms with E-state index in [0.29, 0.717) is 17.8 Å². The predicted octanol–water partition coefficient (Wildman–Crippen LogP) is 5.58. The first-order valence-electron chi connectivity index (χ1n) is 9.18. The van der Waals surface area contributed by atoms with Crippen molar-refractivity contribution in [3.63, 3.8) is 0 Å². The van der Waals surface area contributed by atoms with Crippen LogP contribution in [0.25, 0.3) is 0 Å².